The van der Waals surface area contributed by atoms with Gasteiger partial charge in [-0.1, -0.05) is 0 Å². The molecule has 1 atom stereocenters. The SMILES string of the molecule is CCN1C=CN(C)C1[N+](=O)[O-].O=[N+]([O-])O. The Labute approximate surface area is 85.4 Å². The lowest BCUT2D eigenvalue weighted by Crippen LogP contribution is -2.42. The molecule has 9 nitrogen and oxygen atoms in total. The van der Waals surface area contributed by atoms with Gasteiger partial charge in [0.2, 0.25) is 0 Å². The molecule has 0 aliphatic carbocycles. The lowest BCUT2D eigenvalue weighted by Gasteiger charge is -2.20. The predicted molar refractivity (Wildman–Crippen MR) is 48.8 cm³/mol. The molecule has 9 heteroatoms. The van der Waals surface area contributed by atoms with Gasteiger partial charge in [0.25, 0.3) is 5.09 Å². The van der Waals surface area contributed by atoms with E-state index in [-0.39, 0.29) is 4.92 Å². The Morgan fingerprint density at radius 3 is 2.13 bits per heavy atom. The number of rotatable bonds is 2. The number of hydrogen-bond acceptors (Lipinski definition) is 6. The van der Waals surface area contributed by atoms with E-state index in [4.69, 9.17) is 15.3 Å². The van der Waals surface area contributed by atoms with Crippen LogP contribution < -0.4 is 0 Å². The molecule has 0 saturated carbocycles. The first-order chi connectivity index (χ1) is 6.90. The second-order valence-corrected chi connectivity index (χ2v) is 2.66. The summed E-state index contributed by atoms with van der Waals surface area (Å²) in [6.45, 7) is 2.55. The van der Waals surface area contributed by atoms with Crippen molar-refractivity contribution < 1.29 is 15.2 Å². The molecule has 0 aromatic carbocycles. The smallest absolute Gasteiger partial charge is 0.328 e. The first kappa shape index (κ1) is 12.9. The van der Waals surface area contributed by atoms with Crippen LogP contribution in [0.4, 0.5) is 0 Å². The summed E-state index contributed by atoms with van der Waals surface area (Å²) in [6, 6.07) is 0. The first-order valence-corrected chi connectivity index (χ1v) is 4.03. The molecule has 0 amide bonds. The van der Waals surface area contributed by atoms with Gasteiger partial charge in [-0.2, -0.15) is 0 Å². The fourth-order valence-electron chi connectivity index (χ4n) is 1.12. The van der Waals surface area contributed by atoms with Gasteiger partial charge in [-0.05, 0) is 6.92 Å². The normalized spacial score (nSPS) is 18.4. The molecular formula is C6H12N4O5. The van der Waals surface area contributed by atoms with Gasteiger partial charge in [-0.15, -0.1) is 10.1 Å². The summed E-state index contributed by atoms with van der Waals surface area (Å²) >= 11 is 0. The third-order valence-electron chi connectivity index (χ3n) is 1.71. The number of nitro groups is 1. The standard InChI is InChI=1S/C6H11N3O2.HNO3/c1-3-8-5-4-7(2)6(8)9(10)11;2-1(3)4/h4-6H,3H2,1-2H3;(H,2,3,4). The Morgan fingerprint density at radius 2 is 1.87 bits per heavy atom. The summed E-state index contributed by atoms with van der Waals surface area (Å²) in [5, 5.41) is 24.1. The van der Waals surface area contributed by atoms with Gasteiger partial charge in [-0.3, -0.25) is 19.9 Å². The van der Waals surface area contributed by atoms with E-state index in [1.165, 1.54) is 0 Å². The van der Waals surface area contributed by atoms with Crippen molar-refractivity contribution in [2.45, 2.75) is 13.2 Å². The molecule has 1 N–H and O–H groups in total. The molecule has 0 aromatic heterocycles. The van der Waals surface area contributed by atoms with E-state index >= 15 is 0 Å². The van der Waals surface area contributed by atoms with Crippen molar-refractivity contribution in [3.05, 3.63) is 32.6 Å². The Kier molecular flexibility index (Phi) is 4.85. The maximum absolute atomic E-state index is 10.5. The van der Waals surface area contributed by atoms with E-state index in [2.05, 4.69) is 0 Å². The summed E-state index contributed by atoms with van der Waals surface area (Å²) in [7, 11) is 1.69. The molecule has 15 heavy (non-hydrogen) atoms. The molecule has 1 rings (SSSR count). The predicted octanol–water partition coefficient (Wildman–Crippen LogP) is -0.0625. The summed E-state index contributed by atoms with van der Waals surface area (Å²) < 4.78 is 0. The maximum Gasteiger partial charge on any atom is 0.367 e. The zero-order valence-electron chi connectivity index (χ0n) is 8.31. The molecule has 86 valence electrons. The second kappa shape index (κ2) is 5.62. The fourth-order valence-corrected chi connectivity index (χ4v) is 1.12. The largest absolute Gasteiger partial charge is 0.367 e. The van der Waals surface area contributed by atoms with E-state index in [0.717, 1.165) is 0 Å². The molecule has 1 unspecified atom stereocenters. The van der Waals surface area contributed by atoms with Crippen molar-refractivity contribution in [3.8, 4) is 0 Å². The van der Waals surface area contributed by atoms with Gasteiger partial charge in [0.05, 0.1) is 4.92 Å². The van der Waals surface area contributed by atoms with Crippen LogP contribution in [0, 0.1) is 20.2 Å². The highest BCUT2D eigenvalue weighted by molar-refractivity contribution is 4.90. The maximum atomic E-state index is 10.5. The van der Waals surface area contributed by atoms with Crippen LogP contribution in [0.1, 0.15) is 6.92 Å². The summed E-state index contributed by atoms with van der Waals surface area (Å²) in [4.78, 5) is 21.8. The molecule has 0 aromatic rings. The lowest BCUT2D eigenvalue weighted by molar-refractivity contribution is -0.742. The Hall–Kier alpha value is -2.06. The van der Waals surface area contributed by atoms with Crippen LogP contribution in [0.25, 0.3) is 0 Å². The molecule has 0 bridgehead atoms. The van der Waals surface area contributed by atoms with Gasteiger partial charge in [0.15, 0.2) is 0 Å². The van der Waals surface area contributed by atoms with Crippen molar-refractivity contribution in [2.75, 3.05) is 13.6 Å². The zero-order chi connectivity index (χ0) is 12.0. The average molecular weight is 220 g/mol. The third kappa shape index (κ3) is 4.11. The Balaban J connectivity index is 0.000000423. The molecule has 1 heterocycles. The minimum atomic E-state index is -1.50. The lowest BCUT2D eigenvalue weighted by atomic mass is 10.6. The van der Waals surface area contributed by atoms with Crippen LogP contribution in [0.2, 0.25) is 0 Å². The van der Waals surface area contributed by atoms with Crippen LogP contribution in [0.3, 0.4) is 0 Å². The van der Waals surface area contributed by atoms with Gasteiger partial charge < -0.3 is 5.21 Å². The summed E-state index contributed by atoms with van der Waals surface area (Å²) in [5.41, 5.74) is 0. The highest BCUT2D eigenvalue weighted by Crippen LogP contribution is 2.12. The monoisotopic (exact) mass is 220 g/mol. The van der Waals surface area contributed by atoms with Crippen molar-refractivity contribution in [3.63, 3.8) is 0 Å². The Morgan fingerprint density at radius 1 is 1.40 bits per heavy atom. The Bertz CT molecular complexity index is 264. The van der Waals surface area contributed by atoms with Crippen molar-refractivity contribution in [1.29, 1.82) is 0 Å². The summed E-state index contributed by atoms with van der Waals surface area (Å²) in [5.74, 6) is 0. The van der Waals surface area contributed by atoms with E-state index < -0.39 is 11.4 Å². The van der Waals surface area contributed by atoms with Crippen LogP contribution in [-0.4, -0.2) is 44.9 Å². The van der Waals surface area contributed by atoms with Crippen LogP contribution in [0.15, 0.2) is 12.4 Å². The van der Waals surface area contributed by atoms with Gasteiger partial charge in [0, 0.05) is 26.0 Å². The topological polar surface area (TPSA) is 113 Å². The molecule has 0 saturated heterocycles. The number of hydrogen-bond donors (Lipinski definition) is 1. The van der Waals surface area contributed by atoms with Crippen LogP contribution >= 0.6 is 0 Å². The first-order valence-electron chi connectivity index (χ1n) is 4.03. The van der Waals surface area contributed by atoms with Gasteiger partial charge >= 0.3 is 6.29 Å². The minimum Gasteiger partial charge on any atom is -0.328 e. The molecule has 0 radical (unpaired) electrons. The molecule has 1 aliphatic rings. The highest BCUT2D eigenvalue weighted by atomic mass is 16.9. The average Bonchev–Trinajstić information content (AvgIpc) is 2.45. The van der Waals surface area contributed by atoms with Crippen molar-refractivity contribution in [1.82, 2.24) is 9.80 Å². The van der Waals surface area contributed by atoms with Crippen molar-refractivity contribution >= 4 is 0 Å². The zero-order valence-corrected chi connectivity index (χ0v) is 8.31. The highest BCUT2D eigenvalue weighted by Gasteiger charge is 2.32. The third-order valence-corrected chi connectivity index (χ3v) is 1.71. The van der Waals surface area contributed by atoms with E-state index in [1.807, 2.05) is 6.92 Å². The van der Waals surface area contributed by atoms with Gasteiger partial charge in [-0.25, -0.2) is 0 Å². The molecule has 0 fully saturated rings. The number of nitrogens with zero attached hydrogens (tertiary/aromatic N) is 4. The minimum absolute atomic E-state index is 0.302. The van der Waals surface area contributed by atoms with E-state index in [9.17, 15) is 10.1 Å². The fraction of sp³-hybridized carbons (Fsp3) is 0.667. The van der Waals surface area contributed by atoms with Crippen molar-refractivity contribution in [2.24, 2.45) is 0 Å². The quantitative estimate of drug-likeness (QED) is 0.512. The van der Waals surface area contributed by atoms with E-state index in [1.54, 1.807) is 29.2 Å². The van der Waals surface area contributed by atoms with E-state index in [0.29, 0.717) is 6.54 Å². The van der Waals surface area contributed by atoms with Crippen LogP contribution in [-0.2, 0) is 0 Å². The molecule has 0 spiro atoms. The molecular weight excluding hydrogens is 208 g/mol. The second-order valence-electron chi connectivity index (χ2n) is 2.66. The van der Waals surface area contributed by atoms with Crippen LogP contribution in [0.5, 0.6) is 0 Å². The summed E-state index contributed by atoms with van der Waals surface area (Å²) in [6.07, 6.45) is 2.73. The van der Waals surface area contributed by atoms with Gasteiger partial charge in [0.1, 0.15) is 0 Å². The molecule has 1 aliphatic heterocycles.